The summed E-state index contributed by atoms with van der Waals surface area (Å²) in [5, 5.41) is 9.92. The number of hydrogen-bond donors (Lipinski definition) is 1. The first-order chi connectivity index (χ1) is 7.74. The first-order valence-electron chi connectivity index (χ1n) is 7.12. The largest absolute Gasteiger partial charge is 0.391 e. The van der Waals surface area contributed by atoms with Crippen LogP contribution >= 0.6 is 0 Å². The van der Waals surface area contributed by atoms with Crippen molar-refractivity contribution in [3.63, 3.8) is 0 Å². The lowest BCUT2D eigenvalue weighted by Crippen LogP contribution is -2.41. The molecule has 0 aromatic carbocycles. The Morgan fingerprint density at radius 1 is 1.12 bits per heavy atom. The van der Waals surface area contributed by atoms with Gasteiger partial charge in [0.05, 0.1) is 6.10 Å². The van der Waals surface area contributed by atoms with E-state index in [0.29, 0.717) is 6.04 Å². The van der Waals surface area contributed by atoms with Crippen LogP contribution in [0.5, 0.6) is 0 Å². The van der Waals surface area contributed by atoms with Crippen molar-refractivity contribution in [2.24, 2.45) is 17.8 Å². The zero-order valence-corrected chi connectivity index (χ0v) is 10.4. The summed E-state index contributed by atoms with van der Waals surface area (Å²) < 4.78 is 0. The van der Waals surface area contributed by atoms with Crippen molar-refractivity contribution in [1.29, 1.82) is 0 Å². The van der Waals surface area contributed by atoms with E-state index in [4.69, 9.17) is 0 Å². The molecule has 92 valence electrons. The number of hydrogen-bond acceptors (Lipinski definition) is 2. The quantitative estimate of drug-likeness (QED) is 0.793. The first-order valence-corrected chi connectivity index (χ1v) is 7.12. The lowest BCUT2D eigenvalue weighted by atomic mass is 9.88. The number of likely N-dealkylation sites (N-methyl/N-ethyl adjacent to an activating group) is 1. The van der Waals surface area contributed by atoms with E-state index in [-0.39, 0.29) is 6.10 Å². The second-order valence-electron chi connectivity index (χ2n) is 6.44. The fourth-order valence-corrected chi connectivity index (χ4v) is 4.54. The van der Waals surface area contributed by atoms with E-state index in [1.807, 2.05) is 0 Å². The normalized spacial score (nSPS) is 47.1. The maximum absolute atomic E-state index is 9.92. The zero-order chi connectivity index (χ0) is 11.1. The van der Waals surface area contributed by atoms with Crippen molar-refractivity contribution < 1.29 is 5.11 Å². The minimum atomic E-state index is -0.0522. The second-order valence-corrected chi connectivity index (χ2v) is 6.44. The van der Waals surface area contributed by atoms with Gasteiger partial charge in [-0.25, -0.2) is 0 Å². The molecule has 0 aromatic rings. The smallest absolute Gasteiger partial charge is 0.0695 e. The van der Waals surface area contributed by atoms with E-state index in [1.54, 1.807) is 0 Å². The molecule has 16 heavy (non-hydrogen) atoms. The molecule has 5 atom stereocenters. The van der Waals surface area contributed by atoms with E-state index in [2.05, 4.69) is 11.9 Å². The summed E-state index contributed by atoms with van der Waals surface area (Å²) in [6.45, 7) is 1.24. The summed E-state index contributed by atoms with van der Waals surface area (Å²) >= 11 is 0. The molecule has 0 spiro atoms. The van der Waals surface area contributed by atoms with Crippen LogP contribution < -0.4 is 0 Å². The number of aliphatic hydroxyl groups is 1. The van der Waals surface area contributed by atoms with E-state index >= 15 is 0 Å². The molecule has 2 bridgehead atoms. The monoisotopic (exact) mass is 223 g/mol. The van der Waals surface area contributed by atoms with Crippen LogP contribution in [-0.4, -0.2) is 35.7 Å². The van der Waals surface area contributed by atoms with Crippen LogP contribution in [-0.2, 0) is 0 Å². The summed E-state index contributed by atoms with van der Waals surface area (Å²) in [7, 11) is 2.23. The Balaban J connectivity index is 1.54. The van der Waals surface area contributed by atoms with Gasteiger partial charge in [0.1, 0.15) is 0 Å². The molecular weight excluding hydrogens is 198 g/mol. The van der Waals surface area contributed by atoms with Crippen molar-refractivity contribution in [2.45, 2.75) is 57.1 Å². The van der Waals surface area contributed by atoms with Gasteiger partial charge in [-0.3, -0.25) is 0 Å². The average molecular weight is 223 g/mol. The van der Waals surface area contributed by atoms with Crippen LogP contribution in [0, 0.1) is 17.8 Å². The standard InChI is InChI=1S/C14H25NO/c1-15(13-3-2-4-14(13)16)9-12-8-10-5-6-11(12)7-10/h10-14,16H,2-9H2,1H3/t10?,11?,12?,13-,14-/m1/s1. The molecule has 3 rings (SSSR count). The summed E-state index contributed by atoms with van der Waals surface area (Å²) in [5.41, 5.74) is 0. The predicted molar refractivity (Wildman–Crippen MR) is 65.2 cm³/mol. The van der Waals surface area contributed by atoms with Gasteiger partial charge in [-0.15, -0.1) is 0 Å². The van der Waals surface area contributed by atoms with Crippen LogP contribution in [0.15, 0.2) is 0 Å². The molecule has 3 aliphatic carbocycles. The number of rotatable bonds is 3. The van der Waals surface area contributed by atoms with Gasteiger partial charge in [-0.1, -0.05) is 6.42 Å². The summed E-state index contributed by atoms with van der Waals surface area (Å²) in [6.07, 6.45) is 9.34. The van der Waals surface area contributed by atoms with Gasteiger partial charge < -0.3 is 10.0 Å². The van der Waals surface area contributed by atoms with E-state index in [9.17, 15) is 5.11 Å². The summed E-state index contributed by atoms with van der Waals surface area (Å²) in [6, 6.07) is 0.458. The Morgan fingerprint density at radius 2 is 2.00 bits per heavy atom. The van der Waals surface area contributed by atoms with Gasteiger partial charge in [-0.05, 0) is 63.3 Å². The molecule has 2 nitrogen and oxygen atoms in total. The predicted octanol–water partition coefficient (Wildman–Crippen LogP) is 2.27. The average Bonchev–Trinajstić information content (AvgIpc) is 2.92. The highest BCUT2D eigenvalue weighted by Crippen LogP contribution is 2.48. The maximum atomic E-state index is 9.92. The van der Waals surface area contributed by atoms with Crippen molar-refractivity contribution >= 4 is 0 Å². The Morgan fingerprint density at radius 3 is 2.56 bits per heavy atom. The summed E-state index contributed by atoms with van der Waals surface area (Å²) in [4.78, 5) is 2.46. The van der Waals surface area contributed by atoms with Gasteiger partial charge in [0, 0.05) is 12.6 Å². The first kappa shape index (κ1) is 11.0. The van der Waals surface area contributed by atoms with Gasteiger partial charge in [0.25, 0.3) is 0 Å². The van der Waals surface area contributed by atoms with Crippen LogP contribution in [0.25, 0.3) is 0 Å². The highest BCUT2D eigenvalue weighted by molar-refractivity contribution is 4.93. The molecule has 3 fully saturated rings. The third-order valence-electron chi connectivity index (χ3n) is 5.42. The number of fused-ring (bicyclic) bond motifs is 2. The SMILES string of the molecule is CN(CC1CC2CCC1C2)[C@@H]1CCC[C@H]1O. The van der Waals surface area contributed by atoms with Gasteiger partial charge >= 0.3 is 0 Å². The lowest BCUT2D eigenvalue weighted by molar-refractivity contribution is 0.0705. The molecule has 0 radical (unpaired) electrons. The molecule has 1 N–H and O–H groups in total. The molecule has 0 aromatic heterocycles. The molecule has 0 saturated heterocycles. The van der Waals surface area contributed by atoms with Gasteiger partial charge in [-0.2, -0.15) is 0 Å². The van der Waals surface area contributed by atoms with Crippen LogP contribution in [0.2, 0.25) is 0 Å². The highest BCUT2D eigenvalue weighted by Gasteiger charge is 2.40. The fourth-order valence-electron chi connectivity index (χ4n) is 4.54. The number of aliphatic hydroxyl groups excluding tert-OH is 1. The maximum Gasteiger partial charge on any atom is 0.0695 e. The van der Waals surface area contributed by atoms with E-state index < -0.39 is 0 Å². The Hall–Kier alpha value is -0.0800. The van der Waals surface area contributed by atoms with Crippen LogP contribution in [0.1, 0.15) is 44.9 Å². The molecular formula is C14H25NO. The van der Waals surface area contributed by atoms with Gasteiger partial charge in [0.2, 0.25) is 0 Å². The minimum absolute atomic E-state index is 0.0522. The third kappa shape index (κ3) is 1.91. The molecule has 3 unspecified atom stereocenters. The molecule has 2 heteroatoms. The molecule has 0 heterocycles. The van der Waals surface area contributed by atoms with Crippen LogP contribution in [0.4, 0.5) is 0 Å². The minimum Gasteiger partial charge on any atom is -0.391 e. The molecule has 3 aliphatic rings. The van der Waals surface area contributed by atoms with Crippen molar-refractivity contribution in [2.75, 3.05) is 13.6 Å². The van der Waals surface area contributed by atoms with Crippen molar-refractivity contribution in [1.82, 2.24) is 4.90 Å². The highest BCUT2D eigenvalue weighted by atomic mass is 16.3. The molecule has 0 amide bonds. The van der Waals surface area contributed by atoms with E-state index in [1.165, 1.54) is 45.1 Å². The summed E-state index contributed by atoms with van der Waals surface area (Å²) in [5.74, 6) is 3.01. The lowest BCUT2D eigenvalue weighted by Gasteiger charge is -2.32. The van der Waals surface area contributed by atoms with E-state index in [0.717, 1.165) is 24.2 Å². The fraction of sp³-hybridized carbons (Fsp3) is 1.00. The topological polar surface area (TPSA) is 23.5 Å². The van der Waals surface area contributed by atoms with Gasteiger partial charge in [0.15, 0.2) is 0 Å². The van der Waals surface area contributed by atoms with Crippen molar-refractivity contribution in [3.05, 3.63) is 0 Å². The van der Waals surface area contributed by atoms with Crippen LogP contribution in [0.3, 0.4) is 0 Å². The Bertz CT molecular complexity index is 255. The third-order valence-corrected chi connectivity index (χ3v) is 5.42. The number of nitrogens with zero attached hydrogens (tertiary/aromatic N) is 1. The zero-order valence-electron chi connectivity index (χ0n) is 10.4. The van der Waals surface area contributed by atoms with Crippen molar-refractivity contribution in [3.8, 4) is 0 Å². The molecule has 0 aliphatic heterocycles. The second kappa shape index (κ2) is 4.30. The Kier molecular flexibility index (Phi) is 2.97. The Labute approximate surface area is 99.0 Å². The molecule has 3 saturated carbocycles.